The van der Waals surface area contributed by atoms with Gasteiger partial charge in [-0.1, -0.05) is 111 Å². The maximum atomic E-state index is 7.26. The predicted octanol–water partition coefficient (Wildman–Crippen LogP) is 6.22. The number of rotatable bonds is 6. The lowest BCUT2D eigenvalue weighted by atomic mass is 10.1. The van der Waals surface area contributed by atoms with Crippen LogP contribution in [0.1, 0.15) is 48.9 Å². The molecule has 4 aromatic carbocycles. The Balaban J connectivity index is 1.53. The van der Waals surface area contributed by atoms with Crippen molar-refractivity contribution in [3.8, 4) is 0 Å². The van der Waals surface area contributed by atoms with Crippen LogP contribution in [0.5, 0.6) is 0 Å². The van der Waals surface area contributed by atoms with E-state index in [1.807, 2.05) is 48.5 Å². The minimum atomic E-state index is -3.93. The fraction of sp³-hybridized carbons (Fsp3) is 0.158. The summed E-state index contributed by atoms with van der Waals surface area (Å²) in [4.78, 5) is 31.8. The second-order valence-electron chi connectivity index (χ2n) is 12.4. The van der Waals surface area contributed by atoms with Crippen molar-refractivity contribution in [2.75, 3.05) is 13.2 Å². The molecule has 0 aliphatic carbocycles. The minimum absolute atomic E-state index is 0.437. The molecule has 0 N–H and O–H groups in total. The highest BCUT2D eigenvalue weighted by Crippen LogP contribution is 2.43. The normalized spacial score (nSPS) is 16.2. The van der Waals surface area contributed by atoms with Gasteiger partial charge >= 0.3 is 8.88 Å². The number of benzene rings is 4. The van der Waals surface area contributed by atoms with E-state index in [0.717, 1.165) is 56.6 Å². The minimum Gasteiger partial charge on any atom is -0.361 e. The van der Waals surface area contributed by atoms with E-state index < -0.39 is 8.88 Å². The van der Waals surface area contributed by atoms with Crippen LogP contribution in [0.25, 0.3) is 21.5 Å². The van der Waals surface area contributed by atoms with Crippen molar-refractivity contribution in [3.05, 3.63) is 130 Å². The van der Waals surface area contributed by atoms with Crippen LogP contribution >= 0.6 is 0 Å². The van der Waals surface area contributed by atoms with E-state index in [0.29, 0.717) is 59.2 Å². The highest BCUT2D eigenvalue weighted by Gasteiger charge is 2.52. The first kappa shape index (κ1) is 28.4. The Bertz CT molecular complexity index is 2490. The van der Waals surface area contributed by atoms with Gasteiger partial charge in [-0.15, -0.1) is 0 Å². The summed E-state index contributed by atoms with van der Waals surface area (Å²) in [5.41, 5.74) is 4.99. The van der Waals surface area contributed by atoms with Crippen LogP contribution in [0.15, 0.2) is 127 Å². The standard InChI is InChI=1S/C38H30N8O2Si/c1-3-21-47-49(48-22-4-2)45-35-27-17-9-10-18-28(27)37(45)43-33-25-15-7-8-16-26(25)34(40-33)44-38-30-20-12-11-19-29(30)36(46(38)49)42-32-24-14-6-5-13-23(24)31(39-32)41-35/h5-20H,3-4,21-22H2,1-2H3. The maximum absolute atomic E-state index is 7.26. The van der Waals surface area contributed by atoms with Crippen molar-refractivity contribution in [2.45, 2.75) is 26.7 Å². The summed E-state index contributed by atoms with van der Waals surface area (Å²) in [6, 6.07) is 32.7. The fourth-order valence-electron chi connectivity index (χ4n) is 7.20. The third-order valence-electron chi connectivity index (χ3n) is 9.31. The van der Waals surface area contributed by atoms with Crippen LogP contribution in [0.4, 0.5) is 11.6 Å². The Morgan fingerprint density at radius 1 is 0.449 bits per heavy atom. The summed E-state index contributed by atoms with van der Waals surface area (Å²) >= 11 is 0. The number of amidine groups is 4. The number of hydrogen-bond donors (Lipinski definition) is 0. The molecule has 0 saturated heterocycles. The molecule has 0 fully saturated rings. The molecule has 0 amide bonds. The molecule has 6 bridgehead atoms. The lowest BCUT2D eigenvalue weighted by Crippen LogP contribution is -2.64. The van der Waals surface area contributed by atoms with Crippen molar-refractivity contribution in [1.82, 2.24) is 8.47 Å². The SMILES string of the molecule is CCCO[Si]1(OCCC)n2c3c4ccccc4c2N=C2N=C(N=c4c5ccccc5c(n41)=NC1=NC(=N3)c3ccccc31)c1ccccc12. The summed E-state index contributed by atoms with van der Waals surface area (Å²) < 4.78 is 18.8. The molecule has 10 rings (SSSR count). The van der Waals surface area contributed by atoms with Crippen molar-refractivity contribution in [1.29, 1.82) is 0 Å². The van der Waals surface area contributed by atoms with E-state index in [9.17, 15) is 0 Å². The van der Waals surface area contributed by atoms with E-state index in [-0.39, 0.29) is 0 Å². The molecule has 49 heavy (non-hydrogen) atoms. The predicted molar refractivity (Wildman–Crippen MR) is 194 cm³/mol. The molecule has 0 radical (unpaired) electrons. The number of nitrogens with zero attached hydrogens (tertiary/aromatic N) is 8. The largest absolute Gasteiger partial charge is 0.603 e. The Hall–Kier alpha value is -5.62. The highest BCUT2D eigenvalue weighted by molar-refractivity contribution is 6.66. The average Bonchev–Trinajstić information content (AvgIpc) is 3.86. The van der Waals surface area contributed by atoms with E-state index in [2.05, 4.69) is 70.8 Å². The first-order chi connectivity index (χ1) is 24.2. The van der Waals surface area contributed by atoms with Gasteiger partial charge in [0.05, 0.1) is 0 Å². The zero-order valence-electron chi connectivity index (χ0n) is 27.0. The third kappa shape index (κ3) is 3.94. The van der Waals surface area contributed by atoms with Gasteiger partial charge in [0.25, 0.3) is 0 Å². The first-order valence-corrected chi connectivity index (χ1v) is 18.4. The Labute approximate surface area is 282 Å². The molecule has 6 heterocycles. The molecule has 0 saturated carbocycles. The van der Waals surface area contributed by atoms with Crippen LogP contribution < -0.4 is 11.0 Å². The molecular formula is C38H30N8O2Si. The molecule has 0 unspecified atom stereocenters. The van der Waals surface area contributed by atoms with Crippen LogP contribution in [0, 0.1) is 0 Å². The highest BCUT2D eigenvalue weighted by atomic mass is 28.4. The van der Waals surface area contributed by atoms with Crippen LogP contribution in [0.3, 0.4) is 0 Å². The number of aromatic nitrogens is 2. The van der Waals surface area contributed by atoms with Crippen molar-refractivity contribution < 1.29 is 8.85 Å². The number of aliphatic imine (C=N–C) groups is 4. The van der Waals surface area contributed by atoms with E-state index in [1.165, 1.54) is 0 Å². The summed E-state index contributed by atoms with van der Waals surface area (Å²) in [6.45, 7) is 5.09. The summed E-state index contributed by atoms with van der Waals surface area (Å²) in [7, 11) is -3.93. The molecule has 0 spiro atoms. The van der Waals surface area contributed by atoms with Crippen molar-refractivity contribution in [2.24, 2.45) is 30.0 Å². The smallest absolute Gasteiger partial charge is 0.361 e. The van der Waals surface area contributed by atoms with E-state index in [1.54, 1.807) is 0 Å². The lowest BCUT2D eigenvalue weighted by molar-refractivity contribution is 0.148. The second-order valence-corrected chi connectivity index (χ2v) is 14.9. The third-order valence-corrected chi connectivity index (χ3v) is 12.4. The maximum Gasteiger partial charge on any atom is 0.603 e. The summed E-state index contributed by atoms with van der Waals surface area (Å²) in [5, 5.41) is 3.65. The van der Waals surface area contributed by atoms with Crippen molar-refractivity contribution in [3.63, 3.8) is 0 Å². The molecule has 4 aliphatic rings. The van der Waals surface area contributed by atoms with Gasteiger partial charge in [-0.3, -0.25) is 8.47 Å². The summed E-state index contributed by atoms with van der Waals surface area (Å²) in [5.74, 6) is 3.66. The molecule has 238 valence electrons. The van der Waals surface area contributed by atoms with Crippen LogP contribution in [-0.2, 0) is 8.85 Å². The van der Waals surface area contributed by atoms with Gasteiger partial charge in [-0.2, -0.15) is 0 Å². The van der Waals surface area contributed by atoms with Crippen molar-refractivity contribution >= 4 is 65.4 Å². The molecule has 0 atom stereocenters. The van der Waals surface area contributed by atoms with Gasteiger partial charge in [0.2, 0.25) is 0 Å². The molecule has 4 aliphatic heterocycles. The topological polar surface area (TPSA) is 102 Å². The van der Waals surface area contributed by atoms with Gasteiger partial charge in [0.1, 0.15) is 22.6 Å². The molecule has 2 aromatic heterocycles. The van der Waals surface area contributed by atoms with Gasteiger partial charge in [-0.25, -0.2) is 30.0 Å². The van der Waals surface area contributed by atoms with Crippen LogP contribution in [0.2, 0.25) is 0 Å². The fourth-order valence-corrected chi connectivity index (χ4v) is 10.7. The quantitative estimate of drug-likeness (QED) is 0.198. The average molecular weight is 659 g/mol. The monoisotopic (exact) mass is 658 g/mol. The molecule has 6 aromatic rings. The van der Waals surface area contributed by atoms with Gasteiger partial charge in [-0.05, 0) is 12.8 Å². The molecular weight excluding hydrogens is 629 g/mol. The number of fused-ring (bicyclic) bond motifs is 14. The van der Waals surface area contributed by atoms with Gasteiger partial charge in [0, 0.05) is 57.0 Å². The molecule has 11 heteroatoms. The summed E-state index contributed by atoms with van der Waals surface area (Å²) in [6.07, 6.45) is 1.55. The van der Waals surface area contributed by atoms with Gasteiger partial charge in [0.15, 0.2) is 23.3 Å². The van der Waals surface area contributed by atoms with Crippen LogP contribution in [-0.4, -0.2) is 53.9 Å². The van der Waals surface area contributed by atoms with E-state index >= 15 is 0 Å². The number of hydrogen-bond acceptors (Lipinski definition) is 8. The zero-order chi connectivity index (χ0) is 32.7. The van der Waals surface area contributed by atoms with E-state index in [4.69, 9.17) is 38.8 Å². The Morgan fingerprint density at radius 3 is 1.22 bits per heavy atom. The zero-order valence-corrected chi connectivity index (χ0v) is 28.0. The first-order valence-electron chi connectivity index (χ1n) is 16.7. The second kappa shape index (κ2) is 10.7. The molecule has 10 nitrogen and oxygen atoms in total. The Kier molecular flexibility index (Phi) is 6.20. The Morgan fingerprint density at radius 2 is 0.816 bits per heavy atom. The van der Waals surface area contributed by atoms with Gasteiger partial charge < -0.3 is 8.85 Å². The lowest BCUT2D eigenvalue weighted by Gasteiger charge is -2.33.